The van der Waals surface area contributed by atoms with Crippen molar-refractivity contribution in [2.75, 3.05) is 11.9 Å². The molecule has 0 saturated carbocycles. The fourth-order valence-corrected chi connectivity index (χ4v) is 4.53. The Hall–Kier alpha value is -4.27. The molecule has 0 atom stereocenters. The van der Waals surface area contributed by atoms with Gasteiger partial charge in [0.2, 0.25) is 0 Å². The monoisotopic (exact) mass is 473 g/mol. The summed E-state index contributed by atoms with van der Waals surface area (Å²) in [7, 11) is 1.60. The molecule has 6 nitrogen and oxygen atoms in total. The standard InChI is InChI=1S/C26H18F3N5O/c1-33-14-18-13-31-22-8-7-21(15-5-6-16-11-30-12-17(16)9-15)32-23(22)24(18)34(25(33)35)20-4-2-3-19(10-20)26(27,28)29/h2-10,12-13H,11,14H2,1H3. The minimum atomic E-state index is -4.54. The van der Waals surface area contributed by atoms with Crippen LogP contribution in [-0.4, -0.2) is 34.2 Å². The molecule has 0 saturated heterocycles. The first-order valence-electron chi connectivity index (χ1n) is 10.9. The number of hydrogen-bond donors (Lipinski definition) is 0. The molecule has 0 fully saturated rings. The summed E-state index contributed by atoms with van der Waals surface area (Å²) in [6.07, 6.45) is -1.06. The molecular formula is C26H18F3N5O. The highest BCUT2D eigenvalue weighted by Crippen LogP contribution is 2.41. The quantitative estimate of drug-likeness (QED) is 0.361. The van der Waals surface area contributed by atoms with Crippen molar-refractivity contribution >= 4 is 34.7 Å². The second-order valence-electron chi connectivity index (χ2n) is 8.60. The van der Waals surface area contributed by atoms with Crippen molar-refractivity contribution in [3.05, 3.63) is 83.0 Å². The highest BCUT2D eigenvalue weighted by Gasteiger charge is 2.35. The van der Waals surface area contributed by atoms with Crippen LogP contribution in [0.2, 0.25) is 0 Å². The lowest BCUT2D eigenvalue weighted by Gasteiger charge is -2.35. The minimum Gasteiger partial charge on any atom is -0.323 e. The third-order valence-electron chi connectivity index (χ3n) is 6.28. The van der Waals surface area contributed by atoms with E-state index in [1.807, 2.05) is 36.5 Å². The largest absolute Gasteiger partial charge is 0.416 e. The number of carbonyl (C=O) groups excluding carboxylic acids is 1. The van der Waals surface area contributed by atoms with Crippen molar-refractivity contribution in [3.63, 3.8) is 0 Å². The Morgan fingerprint density at radius 2 is 1.86 bits per heavy atom. The second-order valence-corrected chi connectivity index (χ2v) is 8.60. The van der Waals surface area contributed by atoms with E-state index < -0.39 is 17.8 Å². The fraction of sp³-hybridized carbons (Fsp3) is 0.154. The molecule has 4 heterocycles. The molecule has 9 heteroatoms. The van der Waals surface area contributed by atoms with Crippen LogP contribution in [0.25, 0.3) is 22.3 Å². The predicted octanol–water partition coefficient (Wildman–Crippen LogP) is 5.95. The number of aromatic nitrogens is 2. The van der Waals surface area contributed by atoms with E-state index in [-0.39, 0.29) is 12.2 Å². The lowest BCUT2D eigenvalue weighted by molar-refractivity contribution is -0.137. The van der Waals surface area contributed by atoms with Crippen molar-refractivity contribution in [3.8, 4) is 11.3 Å². The second kappa shape index (κ2) is 7.63. The van der Waals surface area contributed by atoms with Gasteiger partial charge in [-0.25, -0.2) is 9.78 Å². The molecule has 0 aliphatic carbocycles. The molecule has 174 valence electrons. The first-order chi connectivity index (χ1) is 16.8. The molecule has 2 aromatic carbocycles. The number of hydrogen-bond acceptors (Lipinski definition) is 4. The Balaban J connectivity index is 1.56. The highest BCUT2D eigenvalue weighted by atomic mass is 19.4. The summed E-state index contributed by atoms with van der Waals surface area (Å²) < 4.78 is 40.3. The van der Waals surface area contributed by atoms with Crippen LogP contribution in [0.5, 0.6) is 0 Å². The van der Waals surface area contributed by atoms with Gasteiger partial charge in [0.1, 0.15) is 5.52 Å². The summed E-state index contributed by atoms with van der Waals surface area (Å²) >= 11 is 0. The van der Waals surface area contributed by atoms with Crippen LogP contribution >= 0.6 is 0 Å². The number of amides is 2. The summed E-state index contributed by atoms with van der Waals surface area (Å²) in [6.45, 7) is 0.924. The number of rotatable bonds is 2. The zero-order valence-corrected chi connectivity index (χ0v) is 18.5. The Labute approximate surface area is 198 Å². The summed E-state index contributed by atoms with van der Waals surface area (Å²) in [6, 6.07) is 14.0. The van der Waals surface area contributed by atoms with Crippen LogP contribution in [0.1, 0.15) is 22.3 Å². The molecule has 2 aliphatic rings. The summed E-state index contributed by atoms with van der Waals surface area (Å²) in [5.41, 5.74) is 5.14. The Morgan fingerprint density at radius 3 is 2.69 bits per heavy atom. The van der Waals surface area contributed by atoms with Crippen LogP contribution in [-0.2, 0) is 19.3 Å². The third-order valence-corrected chi connectivity index (χ3v) is 6.28. The first kappa shape index (κ1) is 21.3. The minimum absolute atomic E-state index is 0.117. The van der Waals surface area contributed by atoms with E-state index in [2.05, 4.69) is 9.98 Å². The number of fused-ring (bicyclic) bond motifs is 4. The average Bonchev–Trinajstić information content (AvgIpc) is 3.32. The SMILES string of the molecule is CN1Cc2cnc3ccc(-c4ccc5c(c4)C=NC5)nc3c2N(c2cccc(C(F)(F)F)c2)C1=O. The Morgan fingerprint density at radius 1 is 1.00 bits per heavy atom. The normalized spacial score (nSPS) is 15.0. The zero-order chi connectivity index (χ0) is 24.3. The van der Waals surface area contributed by atoms with Crippen LogP contribution in [0.15, 0.2) is 65.8 Å². The molecule has 35 heavy (non-hydrogen) atoms. The van der Waals surface area contributed by atoms with Crippen LogP contribution < -0.4 is 4.90 Å². The Kier molecular flexibility index (Phi) is 4.64. The Bertz CT molecular complexity index is 1550. The van der Waals surface area contributed by atoms with Gasteiger partial charge in [-0.2, -0.15) is 13.2 Å². The maximum absolute atomic E-state index is 13.4. The van der Waals surface area contributed by atoms with Gasteiger partial charge < -0.3 is 4.90 Å². The van der Waals surface area contributed by atoms with Gasteiger partial charge in [0, 0.05) is 30.6 Å². The predicted molar refractivity (Wildman–Crippen MR) is 127 cm³/mol. The smallest absolute Gasteiger partial charge is 0.323 e. The molecule has 0 radical (unpaired) electrons. The van der Waals surface area contributed by atoms with Gasteiger partial charge in [0.15, 0.2) is 0 Å². The van der Waals surface area contributed by atoms with Crippen molar-refractivity contribution in [1.29, 1.82) is 0 Å². The molecule has 0 bridgehead atoms. The maximum Gasteiger partial charge on any atom is 0.416 e. The van der Waals surface area contributed by atoms with Gasteiger partial charge in [0.05, 0.1) is 41.2 Å². The highest BCUT2D eigenvalue weighted by molar-refractivity contribution is 6.08. The van der Waals surface area contributed by atoms with Gasteiger partial charge in [-0.05, 0) is 47.5 Å². The van der Waals surface area contributed by atoms with Gasteiger partial charge in [0.25, 0.3) is 0 Å². The van der Waals surface area contributed by atoms with Crippen molar-refractivity contribution < 1.29 is 18.0 Å². The molecule has 0 spiro atoms. The number of alkyl halides is 3. The average molecular weight is 473 g/mol. The number of pyridine rings is 2. The zero-order valence-electron chi connectivity index (χ0n) is 18.5. The lowest BCUT2D eigenvalue weighted by Crippen LogP contribution is -2.42. The lowest BCUT2D eigenvalue weighted by atomic mass is 10.0. The van der Waals surface area contributed by atoms with E-state index in [0.717, 1.165) is 28.8 Å². The summed E-state index contributed by atoms with van der Waals surface area (Å²) in [5.74, 6) is 0. The van der Waals surface area contributed by atoms with Gasteiger partial charge >= 0.3 is 12.2 Å². The fourth-order valence-electron chi connectivity index (χ4n) is 4.53. The number of benzene rings is 2. The van der Waals surface area contributed by atoms with E-state index in [4.69, 9.17) is 4.98 Å². The van der Waals surface area contributed by atoms with E-state index >= 15 is 0 Å². The number of carbonyl (C=O) groups is 1. The summed E-state index contributed by atoms with van der Waals surface area (Å²) in [5, 5.41) is 0. The molecule has 0 unspecified atom stereocenters. The number of halogens is 3. The molecule has 0 N–H and O–H groups in total. The number of aliphatic imine (C=N–C) groups is 1. The third kappa shape index (κ3) is 3.51. The van der Waals surface area contributed by atoms with E-state index in [1.54, 1.807) is 13.2 Å². The molecule has 2 amide bonds. The van der Waals surface area contributed by atoms with Crippen LogP contribution in [0, 0.1) is 0 Å². The van der Waals surface area contributed by atoms with E-state index in [0.29, 0.717) is 34.5 Å². The number of urea groups is 1. The summed E-state index contributed by atoms with van der Waals surface area (Å²) in [4.78, 5) is 29.7. The van der Waals surface area contributed by atoms with Gasteiger partial charge in [-0.1, -0.05) is 18.2 Å². The van der Waals surface area contributed by atoms with Crippen LogP contribution in [0.4, 0.5) is 29.3 Å². The molecular weight excluding hydrogens is 455 g/mol. The topological polar surface area (TPSA) is 61.7 Å². The number of anilines is 2. The van der Waals surface area contributed by atoms with Gasteiger partial charge in [-0.3, -0.25) is 14.9 Å². The van der Waals surface area contributed by atoms with Crippen LogP contribution in [0.3, 0.4) is 0 Å². The van der Waals surface area contributed by atoms with Crippen molar-refractivity contribution in [1.82, 2.24) is 14.9 Å². The van der Waals surface area contributed by atoms with E-state index in [1.165, 1.54) is 21.9 Å². The van der Waals surface area contributed by atoms with Crippen molar-refractivity contribution in [2.24, 2.45) is 4.99 Å². The number of nitrogens with zero attached hydrogens (tertiary/aromatic N) is 5. The molecule has 4 aromatic rings. The van der Waals surface area contributed by atoms with Crippen molar-refractivity contribution in [2.45, 2.75) is 19.3 Å². The molecule has 6 rings (SSSR count). The maximum atomic E-state index is 13.4. The first-order valence-corrected chi connectivity index (χ1v) is 10.9. The van der Waals surface area contributed by atoms with Gasteiger partial charge in [-0.15, -0.1) is 0 Å². The molecule has 2 aromatic heterocycles. The van der Waals surface area contributed by atoms with E-state index in [9.17, 15) is 18.0 Å². The molecule has 2 aliphatic heterocycles.